The molecule has 0 bridgehead atoms. The first-order chi connectivity index (χ1) is 8.58. The van der Waals surface area contributed by atoms with Gasteiger partial charge in [0.15, 0.2) is 0 Å². The molecule has 0 aliphatic heterocycles. The maximum absolute atomic E-state index is 11.9. The summed E-state index contributed by atoms with van der Waals surface area (Å²) in [5.74, 6) is 0.162. The van der Waals surface area contributed by atoms with Gasteiger partial charge in [-0.25, -0.2) is 0 Å². The normalized spacial score (nSPS) is 20.3. The predicted octanol–water partition coefficient (Wildman–Crippen LogP) is 1.64. The highest BCUT2D eigenvalue weighted by Gasteiger charge is 2.23. The molecule has 2 atom stereocenters. The van der Waals surface area contributed by atoms with Gasteiger partial charge in [0.1, 0.15) is 0 Å². The average Bonchev–Trinajstić information content (AvgIpc) is 2.37. The lowest BCUT2D eigenvalue weighted by Gasteiger charge is -2.27. The summed E-state index contributed by atoms with van der Waals surface area (Å²) in [4.78, 5) is 11.9. The van der Waals surface area contributed by atoms with Crippen molar-refractivity contribution in [1.29, 1.82) is 0 Å². The van der Waals surface area contributed by atoms with E-state index in [9.17, 15) is 4.79 Å². The largest absolute Gasteiger partial charge is 0.352 e. The molecular weight excluding hydrogens is 224 g/mol. The molecule has 1 aromatic rings. The topological polar surface area (TPSA) is 55.1 Å². The number of hydrogen-bond donors (Lipinski definition) is 2. The first-order valence-electron chi connectivity index (χ1n) is 6.70. The van der Waals surface area contributed by atoms with Crippen molar-refractivity contribution >= 4 is 5.91 Å². The molecule has 0 saturated heterocycles. The lowest BCUT2D eigenvalue weighted by Crippen LogP contribution is -2.49. The molecule has 98 valence electrons. The quantitative estimate of drug-likeness (QED) is 0.852. The zero-order valence-corrected chi connectivity index (χ0v) is 11.1. The maximum atomic E-state index is 11.9. The minimum atomic E-state index is -0.401. The summed E-state index contributed by atoms with van der Waals surface area (Å²) < 4.78 is 0. The molecule has 0 spiro atoms. The monoisotopic (exact) mass is 246 g/mol. The lowest BCUT2D eigenvalue weighted by atomic mass is 9.88. The van der Waals surface area contributed by atoms with E-state index in [0.29, 0.717) is 0 Å². The molecule has 1 aromatic carbocycles. The molecule has 2 rings (SSSR count). The third-order valence-electron chi connectivity index (χ3n) is 3.71. The van der Waals surface area contributed by atoms with Gasteiger partial charge < -0.3 is 11.1 Å². The highest BCUT2D eigenvalue weighted by Crippen LogP contribution is 2.21. The number of rotatable bonds is 3. The standard InChI is InChI=1S/C15H22N2O/c1-10(2)14(16)15(18)17-13-8-7-11-5-3-4-6-12(11)9-13/h3-6,10,13-14H,7-9,16H2,1-2H3,(H,17,18)/t13?,14-/m0/s1. The van der Waals surface area contributed by atoms with E-state index in [4.69, 9.17) is 5.73 Å². The van der Waals surface area contributed by atoms with Gasteiger partial charge in [-0.15, -0.1) is 0 Å². The SMILES string of the molecule is CC(C)[C@H](N)C(=O)NC1CCc2ccccc2C1. The van der Waals surface area contributed by atoms with Crippen molar-refractivity contribution in [2.24, 2.45) is 11.7 Å². The third-order valence-corrected chi connectivity index (χ3v) is 3.71. The van der Waals surface area contributed by atoms with Crippen molar-refractivity contribution in [2.75, 3.05) is 0 Å². The van der Waals surface area contributed by atoms with Crippen LogP contribution in [-0.4, -0.2) is 18.0 Å². The molecule has 0 heterocycles. The van der Waals surface area contributed by atoms with Crippen LogP contribution in [0.15, 0.2) is 24.3 Å². The molecule has 0 saturated carbocycles. The van der Waals surface area contributed by atoms with Crippen molar-refractivity contribution in [3.63, 3.8) is 0 Å². The zero-order chi connectivity index (χ0) is 13.1. The molecule has 0 radical (unpaired) electrons. The number of nitrogens with two attached hydrogens (primary N) is 1. The molecule has 1 aliphatic rings. The van der Waals surface area contributed by atoms with Crippen LogP contribution in [0.25, 0.3) is 0 Å². The van der Waals surface area contributed by atoms with Crippen LogP contribution < -0.4 is 11.1 Å². The number of aryl methyl sites for hydroxylation is 1. The van der Waals surface area contributed by atoms with Gasteiger partial charge >= 0.3 is 0 Å². The minimum absolute atomic E-state index is 0.0191. The number of carbonyl (C=O) groups excluding carboxylic acids is 1. The first-order valence-corrected chi connectivity index (χ1v) is 6.70. The Hall–Kier alpha value is -1.35. The van der Waals surface area contributed by atoms with Crippen LogP contribution >= 0.6 is 0 Å². The van der Waals surface area contributed by atoms with Gasteiger partial charge in [0.05, 0.1) is 6.04 Å². The van der Waals surface area contributed by atoms with Crippen molar-refractivity contribution in [2.45, 2.75) is 45.2 Å². The Balaban J connectivity index is 1.96. The summed E-state index contributed by atoms with van der Waals surface area (Å²) in [7, 11) is 0. The highest BCUT2D eigenvalue weighted by atomic mass is 16.2. The Bertz CT molecular complexity index is 428. The van der Waals surface area contributed by atoms with Crippen molar-refractivity contribution < 1.29 is 4.79 Å². The molecular formula is C15H22N2O. The van der Waals surface area contributed by atoms with E-state index in [-0.39, 0.29) is 17.9 Å². The third kappa shape index (κ3) is 2.91. The maximum Gasteiger partial charge on any atom is 0.237 e. The Labute approximate surface area is 109 Å². The van der Waals surface area contributed by atoms with E-state index < -0.39 is 6.04 Å². The molecule has 0 fully saturated rings. The summed E-state index contributed by atoms with van der Waals surface area (Å²) >= 11 is 0. The van der Waals surface area contributed by atoms with E-state index in [0.717, 1.165) is 19.3 Å². The van der Waals surface area contributed by atoms with Crippen LogP contribution in [0.3, 0.4) is 0 Å². The molecule has 3 heteroatoms. The van der Waals surface area contributed by atoms with E-state index >= 15 is 0 Å². The van der Waals surface area contributed by atoms with E-state index in [1.807, 2.05) is 13.8 Å². The molecule has 1 amide bonds. The number of amides is 1. The summed E-state index contributed by atoms with van der Waals surface area (Å²) in [6.45, 7) is 3.95. The Kier molecular flexibility index (Phi) is 4.02. The number of hydrogen-bond acceptors (Lipinski definition) is 2. The molecule has 0 aromatic heterocycles. The van der Waals surface area contributed by atoms with Crippen molar-refractivity contribution in [3.8, 4) is 0 Å². The molecule has 3 nitrogen and oxygen atoms in total. The predicted molar refractivity (Wildman–Crippen MR) is 73.2 cm³/mol. The van der Waals surface area contributed by atoms with Crippen LogP contribution in [0, 0.1) is 5.92 Å². The van der Waals surface area contributed by atoms with Crippen LogP contribution in [0.1, 0.15) is 31.4 Å². The highest BCUT2D eigenvalue weighted by molar-refractivity contribution is 5.82. The number of carbonyl (C=O) groups is 1. The minimum Gasteiger partial charge on any atom is -0.352 e. The van der Waals surface area contributed by atoms with Crippen LogP contribution in [-0.2, 0) is 17.6 Å². The Morgan fingerprint density at radius 3 is 2.67 bits per heavy atom. The fraction of sp³-hybridized carbons (Fsp3) is 0.533. The summed E-state index contributed by atoms with van der Waals surface area (Å²) in [6.07, 6.45) is 2.97. The van der Waals surface area contributed by atoms with Gasteiger partial charge in [-0.1, -0.05) is 38.1 Å². The molecule has 1 unspecified atom stereocenters. The molecule has 3 N–H and O–H groups in total. The van der Waals surface area contributed by atoms with Gasteiger partial charge in [-0.05, 0) is 36.3 Å². The van der Waals surface area contributed by atoms with Gasteiger partial charge in [-0.2, -0.15) is 0 Å². The fourth-order valence-electron chi connectivity index (χ4n) is 2.42. The summed E-state index contributed by atoms with van der Waals surface area (Å²) in [5.41, 5.74) is 8.63. The Morgan fingerprint density at radius 1 is 1.33 bits per heavy atom. The van der Waals surface area contributed by atoms with Gasteiger partial charge in [0, 0.05) is 6.04 Å². The second-order valence-corrected chi connectivity index (χ2v) is 5.49. The van der Waals surface area contributed by atoms with Gasteiger partial charge in [0.2, 0.25) is 5.91 Å². The summed E-state index contributed by atoms with van der Waals surface area (Å²) in [5, 5.41) is 3.08. The number of nitrogens with one attached hydrogen (secondary N) is 1. The van der Waals surface area contributed by atoms with Gasteiger partial charge in [0.25, 0.3) is 0 Å². The van der Waals surface area contributed by atoms with Crippen LogP contribution in [0.5, 0.6) is 0 Å². The van der Waals surface area contributed by atoms with E-state index in [1.165, 1.54) is 11.1 Å². The van der Waals surface area contributed by atoms with E-state index in [2.05, 4.69) is 29.6 Å². The molecule has 1 aliphatic carbocycles. The number of fused-ring (bicyclic) bond motifs is 1. The zero-order valence-electron chi connectivity index (χ0n) is 11.1. The van der Waals surface area contributed by atoms with Gasteiger partial charge in [-0.3, -0.25) is 4.79 Å². The fourth-order valence-corrected chi connectivity index (χ4v) is 2.42. The van der Waals surface area contributed by atoms with Crippen LogP contribution in [0.4, 0.5) is 0 Å². The van der Waals surface area contributed by atoms with E-state index in [1.54, 1.807) is 0 Å². The second kappa shape index (κ2) is 5.53. The lowest BCUT2D eigenvalue weighted by molar-refractivity contribution is -0.124. The molecule has 18 heavy (non-hydrogen) atoms. The number of benzene rings is 1. The van der Waals surface area contributed by atoms with Crippen LogP contribution in [0.2, 0.25) is 0 Å². The smallest absolute Gasteiger partial charge is 0.237 e. The van der Waals surface area contributed by atoms with Crippen molar-refractivity contribution in [3.05, 3.63) is 35.4 Å². The first kappa shape index (κ1) is 13.1. The summed E-state index contributed by atoms with van der Waals surface area (Å²) in [6, 6.07) is 8.29. The average molecular weight is 246 g/mol. The Morgan fingerprint density at radius 2 is 2.00 bits per heavy atom. The second-order valence-electron chi connectivity index (χ2n) is 5.49. The van der Waals surface area contributed by atoms with Crippen molar-refractivity contribution in [1.82, 2.24) is 5.32 Å².